The first-order chi connectivity index (χ1) is 20.2. The Balaban J connectivity index is 1.36. The van der Waals surface area contributed by atoms with Crippen LogP contribution in [0, 0.1) is 17.5 Å². The van der Waals surface area contributed by atoms with E-state index >= 15 is 0 Å². The van der Waals surface area contributed by atoms with E-state index < -0.39 is 35.3 Å². The molecule has 2 aliphatic rings. The average molecular weight is 576 g/mol. The Kier molecular flexibility index (Phi) is 7.28. The largest absolute Gasteiger partial charge is 0.390 e. The van der Waals surface area contributed by atoms with Gasteiger partial charge in [-0.15, -0.1) is 0 Å². The molecule has 0 radical (unpaired) electrons. The Hall–Kier alpha value is -4.51. The van der Waals surface area contributed by atoms with E-state index in [4.69, 9.17) is 5.73 Å². The molecule has 0 saturated heterocycles. The van der Waals surface area contributed by atoms with E-state index in [1.807, 2.05) is 0 Å². The molecule has 2 aromatic heterocycles. The van der Waals surface area contributed by atoms with E-state index in [2.05, 4.69) is 15.4 Å². The Morgan fingerprint density at radius 1 is 1.07 bits per heavy atom. The lowest BCUT2D eigenvalue weighted by atomic mass is 9.94. The number of pyridine rings is 1. The van der Waals surface area contributed by atoms with Crippen molar-refractivity contribution in [2.24, 2.45) is 5.73 Å². The number of amides is 2. The van der Waals surface area contributed by atoms with Gasteiger partial charge >= 0.3 is 0 Å². The van der Waals surface area contributed by atoms with Crippen molar-refractivity contribution < 1.29 is 27.9 Å². The summed E-state index contributed by atoms with van der Waals surface area (Å²) >= 11 is 0. The minimum atomic E-state index is -0.942. The topological polar surface area (TPSA) is 123 Å². The summed E-state index contributed by atoms with van der Waals surface area (Å²) < 4.78 is 44.1. The molecule has 2 unspecified atom stereocenters. The fraction of sp³-hybridized carbons (Fsp3) is 0.290. The zero-order valence-corrected chi connectivity index (χ0v) is 22.5. The number of nitrogens with two attached hydrogens (primary N) is 1. The van der Waals surface area contributed by atoms with Crippen LogP contribution in [0.1, 0.15) is 75.7 Å². The maximum atomic E-state index is 14.2. The number of primary amides is 1. The average Bonchev–Trinajstić information content (AvgIpc) is 3.66. The Morgan fingerprint density at radius 3 is 2.57 bits per heavy atom. The molecule has 4 aromatic rings. The van der Waals surface area contributed by atoms with E-state index in [-0.39, 0.29) is 36.6 Å². The molecule has 6 rings (SSSR count). The minimum Gasteiger partial charge on any atom is -0.390 e. The van der Waals surface area contributed by atoms with Crippen molar-refractivity contribution in [2.45, 2.75) is 56.7 Å². The van der Waals surface area contributed by atoms with Crippen molar-refractivity contribution in [1.29, 1.82) is 0 Å². The van der Waals surface area contributed by atoms with Crippen molar-refractivity contribution in [2.75, 3.05) is 0 Å². The van der Waals surface area contributed by atoms with E-state index in [9.17, 15) is 27.9 Å². The third-order valence-electron chi connectivity index (χ3n) is 8.19. The van der Waals surface area contributed by atoms with Crippen LogP contribution in [-0.2, 0) is 24.4 Å². The lowest BCUT2D eigenvalue weighted by molar-refractivity contribution is -0.122. The third kappa shape index (κ3) is 5.16. The van der Waals surface area contributed by atoms with Gasteiger partial charge in [-0.3, -0.25) is 19.3 Å². The Labute approximate surface area is 239 Å². The number of nitrogens with zero attached hydrogens (tertiary/aromatic N) is 3. The van der Waals surface area contributed by atoms with Crippen molar-refractivity contribution >= 4 is 11.8 Å². The number of carbonyl (C=O) groups is 2. The first-order valence-electron chi connectivity index (χ1n) is 13.7. The highest BCUT2D eigenvalue weighted by Crippen LogP contribution is 2.54. The van der Waals surface area contributed by atoms with Gasteiger partial charge in [0.05, 0.1) is 29.6 Å². The van der Waals surface area contributed by atoms with Crippen LogP contribution in [0.25, 0.3) is 11.1 Å². The molecule has 2 aromatic carbocycles. The highest BCUT2D eigenvalue weighted by atomic mass is 19.1. The monoisotopic (exact) mass is 575 g/mol. The maximum Gasteiger partial charge on any atom is 0.251 e. The van der Waals surface area contributed by atoms with Gasteiger partial charge in [0, 0.05) is 35.0 Å². The van der Waals surface area contributed by atoms with Crippen LogP contribution in [-0.4, -0.2) is 31.7 Å². The van der Waals surface area contributed by atoms with E-state index in [1.165, 1.54) is 30.5 Å². The first kappa shape index (κ1) is 27.6. The van der Waals surface area contributed by atoms with Crippen molar-refractivity contribution in [3.05, 3.63) is 106 Å². The molecule has 42 heavy (non-hydrogen) atoms. The van der Waals surface area contributed by atoms with E-state index in [0.717, 1.165) is 42.7 Å². The predicted octanol–water partition coefficient (Wildman–Crippen LogP) is 4.42. The zero-order chi connectivity index (χ0) is 29.5. The maximum absolute atomic E-state index is 14.2. The second kappa shape index (κ2) is 11.1. The second-order valence-corrected chi connectivity index (χ2v) is 10.9. The van der Waals surface area contributed by atoms with Crippen LogP contribution in [0.5, 0.6) is 0 Å². The fourth-order valence-electron chi connectivity index (χ4n) is 6.52. The van der Waals surface area contributed by atoms with Gasteiger partial charge in [-0.2, -0.15) is 5.10 Å². The number of nitrogens with one attached hydrogen (secondary N) is 1. The summed E-state index contributed by atoms with van der Waals surface area (Å²) in [6.07, 6.45) is 4.52. The third-order valence-corrected chi connectivity index (χ3v) is 8.19. The highest BCUT2D eigenvalue weighted by molar-refractivity contribution is 5.94. The normalized spacial score (nSPS) is 17.7. The molecule has 1 fully saturated rings. The number of hydrogen-bond donors (Lipinski definition) is 3. The number of fused-ring (bicyclic) bond motifs is 5. The van der Waals surface area contributed by atoms with Crippen molar-refractivity contribution in [3.63, 3.8) is 0 Å². The summed E-state index contributed by atoms with van der Waals surface area (Å²) in [6.45, 7) is -0.333. The summed E-state index contributed by atoms with van der Waals surface area (Å²) in [5, 5.41) is 17.4. The SMILES string of the molecule is NC(=O)c1cc(-c2cccnc2[C@H](Cc2cc(F)cc(F)c2)NC(=O)Cn2nc(CO)c3c2C2CCC3C2)ccc1F. The molecule has 3 atom stereocenters. The summed E-state index contributed by atoms with van der Waals surface area (Å²) in [6, 6.07) is 9.47. The van der Waals surface area contributed by atoms with Gasteiger partial charge in [0.15, 0.2) is 0 Å². The van der Waals surface area contributed by atoms with Gasteiger partial charge in [0.2, 0.25) is 5.91 Å². The fourth-order valence-corrected chi connectivity index (χ4v) is 6.52. The van der Waals surface area contributed by atoms with Gasteiger partial charge in [0.25, 0.3) is 5.91 Å². The molecule has 2 heterocycles. The molecule has 1 saturated carbocycles. The van der Waals surface area contributed by atoms with Crippen LogP contribution in [0.4, 0.5) is 13.2 Å². The van der Waals surface area contributed by atoms with Crippen LogP contribution < -0.4 is 11.1 Å². The van der Waals surface area contributed by atoms with Gasteiger partial charge in [-0.1, -0.05) is 12.1 Å². The van der Waals surface area contributed by atoms with Crippen LogP contribution in [0.3, 0.4) is 0 Å². The number of aromatic nitrogens is 3. The Bertz CT molecular complexity index is 1690. The van der Waals surface area contributed by atoms with Gasteiger partial charge in [-0.05, 0) is 73.1 Å². The molecular formula is C31H28F3N5O3. The number of aliphatic hydroxyl groups is 1. The van der Waals surface area contributed by atoms with Gasteiger partial charge in [-0.25, -0.2) is 13.2 Å². The smallest absolute Gasteiger partial charge is 0.251 e. The number of hydrogen-bond acceptors (Lipinski definition) is 5. The number of rotatable bonds is 9. The van der Waals surface area contributed by atoms with Crippen molar-refractivity contribution in [1.82, 2.24) is 20.1 Å². The van der Waals surface area contributed by atoms with Gasteiger partial charge < -0.3 is 16.2 Å². The molecule has 4 N–H and O–H groups in total. The summed E-state index contributed by atoms with van der Waals surface area (Å²) in [7, 11) is 0. The lowest BCUT2D eigenvalue weighted by Crippen LogP contribution is -2.34. The van der Waals surface area contributed by atoms with Crippen molar-refractivity contribution in [3.8, 4) is 11.1 Å². The summed E-state index contributed by atoms with van der Waals surface area (Å²) in [5.74, 6) is -3.03. The molecule has 8 nitrogen and oxygen atoms in total. The summed E-state index contributed by atoms with van der Waals surface area (Å²) in [5.41, 5.74) is 9.19. The first-order valence-corrected chi connectivity index (χ1v) is 13.7. The number of halogens is 3. The van der Waals surface area contributed by atoms with Gasteiger partial charge in [0.1, 0.15) is 24.0 Å². The van der Waals surface area contributed by atoms with Crippen LogP contribution in [0.15, 0.2) is 54.7 Å². The summed E-state index contributed by atoms with van der Waals surface area (Å²) in [4.78, 5) is 29.8. The lowest BCUT2D eigenvalue weighted by Gasteiger charge is -2.22. The molecule has 0 spiro atoms. The minimum absolute atomic E-state index is 0.0158. The quantitative estimate of drug-likeness (QED) is 0.273. The molecule has 2 bridgehead atoms. The molecule has 2 amide bonds. The Morgan fingerprint density at radius 2 is 1.83 bits per heavy atom. The number of aliphatic hydroxyl groups excluding tert-OH is 1. The number of carbonyl (C=O) groups excluding carboxylic acids is 2. The van der Waals surface area contributed by atoms with Crippen LogP contribution in [0.2, 0.25) is 0 Å². The standard InChI is InChI=1S/C31H28F3N5O3/c32-20-8-16(9-21(33)13-20)10-25(29-22(2-1-7-36-29)17-5-6-24(34)23(12-17)31(35)42)37-27(41)14-39-30-19-4-3-18(11-19)28(30)26(15-40)38-39/h1-2,5-9,12-13,18-19,25,40H,3-4,10-11,14-15H2,(H2,35,42)(H,37,41)/t18?,19?,25-/m0/s1. The predicted molar refractivity (Wildman–Crippen MR) is 147 cm³/mol. The molecular weight excluding hydrogens is 547 g/mol. The van der Waals surface area contributed by atoms with Crippen LogP contribution >= 0.6 is 0 Å². The molecule has 0 aliphatic heterocycles. The molecule has 2 aliphatic carbocycles. The molecule has 216 valence electrons. The molecule has 11 heteroatoms. The van der Waals surface area contributed by atoms with E-state index in [1.54, 1.807) is 16.8 Å². The highest BCUT2D eigenvalue weighted by Gasteiger charge is 2.42. The number of benzene rings is 2. The second-order valence-electron chi connectivity index (χ2n) is 10.9. The zero-order valence-electron chi connectivity index (χ0n) is 22.5. The van der Waals surface area contributed by atoms with E-state index in [0.29, 0.717) is 28.4 Å².